The third-order valence-electron chi connectivity index (χ3n) is 5.57. The van der Waals surface area contributed by atoms with Crippen LogP contribution in [0.15, 0.2) is 78.9 Å². The molecule has 0 saturated carbocycles. The third-order valence-corrected chi connectivity index (χ3v) is 5.57. The standard InChI is InChI=1S/C25H24N4O5/c30-24(28-16-14-27(15-17-28)21-11-5-6-12-22(21)29(32)33)18-34-23-13-7-4-10-20(23)25(31)26-19-8-2-1-3-9-19/h1-13H,14-18H2,(H,26,31). The summed E-state index contributed by atoms with van der Waals surface area (Å²) in [5.41, 5.74) is 1.60. The van der Waals surface area contributed by atoms with Crippen LogP contribution in [0.4, 0.5) is 17.1 Å². The maximum Gasteiger partial charge on any atom is 0.292 e. The number of hydrogen-bond acceptors (Lipinski definition) is 6. The number of carbonyl (C=O) groups excluding carboxylic acids is 2. The van der Waals surface area contributed by atoms with E-state index in [4.69, 9.17) is 4.74 Å². The van der Waals surface area contributed by atoms with Gasteiger partial charge < -0.3 is 19.9 Å². The predicted molar refractivity (Wildman–Crippen MR) is 128 cm³/mol. The maximum atomic E-state index is 12.7. The molecule has 0 bridgehead atoms. The van der Waals surface area contributed by atoms with Gasteiger partial charge in [0, 0.05) is 37.9 Å². The van der Waals surface area contributed by atoms with Crippen molar-refractivity contribution >= 4 is 28.9 Å². The molecule has 1 N–H and O–H groups in total. The number of rotatable bonds is 7. The molecule has 1 fully saturated rings. The fraction of sp³-hybridized carbons (Fsp3) is 0.200. The average Bonchev–Trinajstić information content (AvgIpc) is 2.88. The van der Waals surface area contributed by atoms with Crippen LogP contribution >= 0.6 is 0 Å². The predicted octanol–water partition coefficient (Wildman–Crippen LogP) is 3.57. The van der Waals surface area contributed by atoms with E-state index in [0.29, 0.717) is 48.9 Å². The molecule has 3 aromatic carbocycles. The van der Waals surface area contributed by atoms with Gasteiger partial charge in [-0.3, -0.25) is 19.7 Å². The van der Waals surface area contributed by atoms with E-state index in [2.05, 4.69) is 5.32 Å². The number of carbonyl (C=O) groups is 2. The Morgan fingerprint density at radius 3 is 2.26 bits per heavy atom. The summed E-state index contributed by atoms with van der Waals surface area (Å²) in [6, 6.07) is 22.4. The lowest BCUT2D eigenvalue weighted by atomic mass is 10.2. The largest absolute Gasteiger partial charge is 0.483 e. The highest BCUT2D eigenvalue weighted by Gasteiger charge is 2.26. The summed E-state index contributed by atoms with van der Waals surface area (Å²) < 4.78 is 5.72. The lowest BCUT2D eigenvalue weighted by Gasteiger charge is -2.35. The molecule has 1 heterocycles. The van der Waals surface area contributed by atoms with Crippen molar-refractivity contribution in [3.05, 3.63) is 94.5 Å². The number of para-hydroxylation sites is 4. The molecule has 34 heavy (non-hydrogen) atoms. The summed E-state index contributed by atoms with van der Waals surface area (Å²) in [5, 5.41) is 14.1. The van der Waals surface area contributed by atoms with Crippen molar-refractivity contribution in [2.45, 2.75) is 0 Å². The molecule has 1 saturated heterocycles. The van der Waals surface area contributed by atoms with Crippen molar-refractivity contribution in [3.8, 4) is 5.75 Å². The van der Waals surface area contributed by atoms with Crippen molar-refractivity contribution < 1.29 is 19.2 Å². The number of piperazine rings is 1. The maximum absolute atomic E-state index is 12.7. The molecule has 2 amide bonds. The minimum absolute atomic E-state index is 0.0518. The number of nitro benzene ring substituents is 1. The number of nitrogens with zero attached hydrogens (tertiary/aromatic N) is 3. The second-order valence-corrected chi connectivity index (χ2v) is 7.72. The van der Waals surface area contributed by atoms with Gasteiger partial charge in [-0.05, 0) is 30.3 Å². The van der Waals surface area contributed by atoms with Crippen LogP contribution in [0.2, 0.25) is 0 Å². The summed E-state index contributed by atoms with van der Waals surface area (Å²) in [6.07, 6.45) is 0. The van der Waals surface area contributed by atoms with Gasteiger partial charge in [0.05, 0.1) is 10.5 Å². The zero-order valence-corrected chi connectivity index (χ0v) is 18.4. The summed E-state index contributed by atoms with van der Waals surface area (Å²) in [4.78, 5) is 39.9. The number of anilines is 2. The molecule has 1 aliphatic heterocycles. The number of hydrogen-bond donors (Lipinski definition) is 1. The molecule has 0 unspecified atom stereocenters. The first-order valence-electron chi connectivity index (χ1n) is 10.9. The fourth-order valence-corrected chi connectivity index (χ4v) is 3.81. The van der Waals surface area contributed by atoms with Gasteiger partial charge in [-0.2, -0.15) is 0 Å². The molecule has 4 rings (SSSR count). The van der Waals surface area contributed by atoms with Crippen LogP contribution in [0.1, 0.15) is 10.4 Å². The van der Waals surface area contributed by atoms with Gasteiger partial charge in [-0.25, -0.2) is 0 Å². The van der Waals surface area contributed by atoms with Crippen LogP contribution in [0, 0.1) is 10.1 Å². The first-order valence-corrected chi connectivity index (χ1v) is 10.9. The second kappa shape index (κ2) is 10.5. The first-order chi connectivity index (χ1) is 16.5. The number of ether oxygens (including phenoxy) is 1. The van der Waals surface area contributed by atoms with Crippen LogP contribution in [0.3, 0.4) is 0 Å². The van der Waals surface area contributed by atoms with E-state index >= 15 is 0 Å². The summed E-state index contributed by atoms with van der Waals surface area (Å²) in [6.45, 7) is 1.59. The molecule has 9 nitrogen and oxygen atoms in total. The summed E-state index contributed by atoms with van der Waals surface area (Å²) in [7, 11) is 0. The zero-order chi connectivity index (χ0) is 23.9. The third kappa shape index (κ3) is 5.32. The molecule has 9 heteroatoms. The van der Waals surface area contributed by atoms with Crippen LogP contribution in [0.25, 0.3) is 0 Å². The lowest BCUT2D eigenvalue weighted by Crippen LogP contribution is -2.50. The van der Waals surface area contributed by atoms with E-state index in [9.17, 15) is 19.7 Å². The highest BCUT2D eigenvalue weighted by Crippen LogP contribution is 2.28. The van der Waals surface area contributed by atoms with Crippen LogP contribution < -0.4 is 15.0 Å². The van der Waals surface area contributed by atoms with Gasteiger partial charge in [0.2, 0.25) is 0 Å². The van der Waals surface area contributed by atoms with Crippen molar-refractivity contribution in [1.82, 2.24) is 4.90 Å². The molecule has 174 valence electrons. The van der Waals surface area contributed by atoms with E-state index in [-0.39, 0.29) is 24.1 Å². The SMILES string of the molecule is O=C(Nc1ccccc1)c1ccccc1OCC(=O)N1CCN(c2ccccc2[N+](=O)[O-])CC1. The summed E-state index contributed by atoms with van der Waals surface area (Å²) in [5.74, 6) is -0.212. The molecular weight excluding hydrogens is 436 g/mol. The fourth-order valence-electron chi connectivity index (χ4n) is 3.81. The molecule has 0 atom stereocenters. The Kier molecular flexibility index (Phi) is 7.02. The van der Waals surface area contributed by atoms with Crippen molar-refractivity contribution in [2.75, 3.05) is 43.0 Å². The van der Waals surface area contributed by atoms with Gasteiger partial charge in [0.15, 0.2) is 6.61 Å². The molecule has 0 aromatic heterocycles. The van der Waals surface area contributed by atoms with E-state index in [0.717, 1.165) is 0 Å². The Hall–Kier alpha value is -4.40. The Bertz CT molecular complexity index is 1180. The van der Waals surface area contributed by atoms with Crippen molar-refractivity contribution in [2.24, 2.45) is 0 Å². The zero-order valence-electron chi connectivity index (χ0n) is 18.4. The topological polar surface area (TPSA) is 105 Å². The molecule has 3 aromatic rings. The molecule has 0 spiro atoms. The van der Waals surface area contributed by atoms with Gasteiger partial charge >= 0.3 is 0 Å². The van der Waals surface area contributed by atoms with Gasteiger partial charge in [0.1, 0.15) is 11.4 Å². The van der Waals surface area contributed by atoms with E-state index < -0.39 is 4.92 Å². The minimum Gasteiger partial charge on any atom is -0.483 e. The average molecular weight is 460 g/mol. The number of benzene rings is 3. The Morgan fingerprint density at radius 1 is 0.882 bits per heavy atom. The van der Waals surface area contributed by atoms with E-state index in [1.807, 2.05) is 23.1 Å². The monoisotopic (exact) mass is 460 g/mol. The summed E-state index contributed by atoms with van der Waals surface area (Å²) >= 11 is 0. The van der Waals surface area contributed by atoms with Crippen LogP contribution in [-0.2, 0) is 4.79 Å². The Morgan fingerprint density at radius 2 is 1.53 bits per heavy atom. The number of nitro groups is 1. The molecular formula is C25H24N4O5. The first kappa shape index (κ1) is 22.8. The Balaban J connectivity index is 1.34. The molecule has 0 radical (unpaired) electrons. The minimum atomic E-state index is -0.397. The molecule has 1 aliphatic rings. The van der Waals surface area contributed by atoms with Crippen molar-refractivity contribution in [1.29, 1.82) is 0 Å². The number of amides is 2. The molecule has 0 aliphatic carbocycles. The smallest absolute Gasteiger partial charge is 0.292 e. The normalized spacial score (nSPS) is 13.3. The van der Waals surface area contributed by atoms with Gasteiger partial charge in [-0.1, -0.05) is 42.5 Å². The highest BCUT2D eigenvalue weighted by molar-refractivity contribution is 6.06. The van der Waals surface area contributed by atoms with Crippen LogP contribution in [-0.4, -0.2) is 54.4 Å². The van der Waals surface area contributed by atoms with Gasteiger partial charge in [-0.15, -0.1) is 0 Å². The Labute approximate surface area is 196 Å². The second-order valence-electron chi connectivity index (χ2n) is 7.72. The van der Waals surface area contributed by atoms with Crippen molar-refractivity contribution in [3.63, 3.8) is 0 Å². The van der Waals surface area contributed by atoms with Gasteiger partial charge in [0.25, 0.3) is 17.5 Å². The lowest BCUT2D eigenvalue weighted by molar-refractivity contribution is -0.384. The number of nitrogens with one attached hydrogen (secondary N) is 1. The highest BCUT2D eigenvalue weighted by atomic mass is 16.6. The van der Waals surface area contributed by atoms with E-state index in [1.165, 1.54) is 6.07 Å². The van der Waals surface area contributed by atoms with Crippen LogP contribution in [0.5, 0.6) is 5.75 Å². The quantitative estimate of drug-likeness (QED) is 0.427. The van der Waals surface area contributed by atoms with E-state index in [1.54, 1.807) is 59.5 Å².